The van der Waals surface area contributed by atoms with Crippen molar-refractivity contribution in [1.29, 1.82) is 0 Å². The van der Waals surface area contributed by atoms with Gasteiger partial charge in [0, 0.05) is 23.9 Å². The molecule has 0 aromatic heterocycles. The maximum absolute atomic E-state index is 13.8. The van der Waals surface area contributed by atoms with E-state index in [-0.39, 0.29) is 22.0 Å². The molecular weight excluding hydrogens is 263 g/mol. The van der Waals surface area contributed by atoms with Crippen LogP contribution in [0.25, 0.3) is 0 Å². The van der Waals surface area contributed by atoms with Gasteiger partial charge in [0.25, 0.3) is 0 Å². The summed E-state index contributed by atoms with van der Waals surface area (Å²) >= 11 is 4.79. The van der Waals surface area contributed by atoms with Gasteiger partial charge in [-0.2, -0.15) is 0 Å². The molecule has 1 aromatic carbocycles. The molecule has 1 heterocycles. The van der Waals surface area contributed by atoms with E-state index in [2.05, 4.69) is 19.2 Å². The second-order valence-electron chi connectivity index (χ2n) is 5.50. The molecule has 1 saturated heterocycles. The van der Waals surface area contributed by atoms with E-state index in [0.29, 0.717) is 6.04 Å². The Morgan fingerprint density at radius 1 is 1.53 bits per heavy atom. The van der Waals surface area contributed by atoms with E-state index in [9.17, 15) is 4.39 Å². The molecule has 0 saturated carbocycles. The quantitative estimate of drug-likeness (QED) is 0.837. The zero-order valence-electron chi connectivity index (χ0n) is 11.2. The van der Waals surface area contributed by atoms with Gasteiger partial charge in [0.05, 0.1) is 5.60 Å². The summed E-state index contributed by atoms with van der Waals surface area (Å²) in [6.07, 6.45) is 1.81. The van der Waals surface area contributed by atoms with Gasteiger partial charge < -0.3 is 15.8 Å². The van der Waals surface area contributed by atoms with Crippen LogP contribution in [0.2, 0.25) is 0 Å². The van der Waals surface area contributed by atoms with Crippen LogP contribution in [0, 0.1) is 5.82 Å². The van der Waals surface area contributed by atoms with E-state index < -0.39 is 0 Å². The molecule has 3 nitrogen and oxygen atoms in total. The highest BCUT2D eigenvalue weighted by molar-refractivity contribution is 7.80. The van der Waals surface area contributed by atoms with Crippen molar-refractivity contribution in [2.45, 2.75) is 38.3 Å². The predicted octanol–water partition coefficient (Wildman–Crippen LogP) is 2.83. The lowest BCUT2D eigenvalue weighted by molar-refractivity contribution is -0.0553. The van der Waals surface area contributed by atoms with Crippen molar-refractivity contribution < 1.29 is 9.13 Å². The van der Waals surface area contributed by atoms with Crippen LogP contribution in [0.3, 0.4) is 0 Å². The van der Waals surface area contributed by atoms with Crippen molar-refractivity contribution in [1.82, 2.24) is 0 Å². The summed E-state index contributed by atoms with van der Waals surface area (Å²) in [5.41, 5.74) is 6.34. The van der Waals surface area contributed by atoms with E-state index in [1.54, 1.807) is 12.1 Å². The topological polar surface area (TPSA) is 47.3 Å². The smallest absolute Gasteiger partial charge is 0.135 e. The highest BCUT2D eigenvalue weighted by atomic mass is 32.1. The number of halogens is 1. The number of nitrogens with two attached hydrogens (primary N) is 1. The van der Waals surface area contributed by atoms with Gasteiger partial charge in [-0.05, 0) is 44.9 Å². The van der Waals surface area contributed by atoms with Crippen LogP contribution < -0.4 is 11.1 Å². The highest BCUT2D eigenvalue weighted by Gasteiger charge is 2.28. The molecule has 0 aliphatic carbocycles. The molecule has 1 fully saturated rings. The highest BCUT2D eigenvalue weighted by Crippen LogP contribution is 2.26. The third kappa shape index (κ3) is 3.64. The SMILES string of the molecule is CC1(C)CC(Nc2ccc(C(N)=S)c(F)c2)CCO1. The molecule has 1 atom stereocenters. The van der Waals surface area contributed by atoms with Crippen LogP contribution in [0.15, 0.2) is 18.2 Å². The summed E-state index contributed by atoms with van der Waals surface area (Å²) in [4.78, 5) is 0.0799. The van der Waals surface area contributed by atoms with Crippen LogP contribution in [-0.2, 0) is 4.74 Å². The van der Waals surface area contributed by atoms with Crippen molar-refractivity contribution in [3.05, 3.63) is 29.6 Å². The molecular formula is C14H19FN2OS. The number of thiocarbonyl (C=S) groups is 1. The zero-order valence-corrected chi connectivity index (χ0v) is 12.0. The van der Waals surface area contributed by atoms with Gasteiger partial charge in [0.1, 0.15) is 10.8 Å². The van der Waals surface area contributed by atoms with Crippen molar-refractivity contribution >= 4 is 22.9 Å². The monoisotopic (exact) mass is 282 g/mol. The number of nitrogens with one attached hydrogen (secondary N) is 1. The first-order valence-corrected chi connectivity index (χ1v) is 6.78. The molecule has 19 heavy (non-hydrogen) atoms. The first-order chi connectivity index (χ1) is 8.87. The van der Waals surface area contributed by atoms with Gasteiger partial charge in [-0.15, -0.1) is 0 Å². The van der Waals surface area contributed by atoms with Crippen LogP contribution in [-0.4, -0.2) is 23.2 Å². The Morgan fingerprint density at radius 2 is 2.26 bits per heavy atom. The minimum absolute atomic E-state index is 0.0799. The van der Waals surface area contributed by atoms with Gasteiger partial charge in [0.2, 0.25) is 0 Å². The number of anilines is 1. The molecule has 2 rings (SSSR count). The fourth-order valence-electron chi connectivity index (χ4n) is 2.40. The number of rotatable bonds is 3. The summed E-state index contributed by atoms with van der Waals surface area (Å²) in [6.45, 7) is 4.85. The third-order valence-corrected chi connectivity index (χ3v) is 3.52. The van der Waals surface area contributed by atoms with Gasteiger partial charge >= 0.3 is 0 Å². The average Bonchev–Trinajstić information content (AvgIpc) is 2.27. The summed E-state index contributed by atoms with van der Waals surface area (Å²) in [5.74, 6) is -0.385. The molecule has 1 aliphatic rings. The minimum Gasteiger partial charge on any atom is -0.389 e. The Balaban J connectivity index is 2.07. The largest absolute Gasteiger partial charge is 0.389 e. The molecule has 0 radical (unpaired) electrons. The maximum Gasteiger partial charge on any atom is 0.135 e. The molecule has 0 amide bonds. The number of ether oxygens (including phenoxy) is 1. The number of hydrogen-bond donors (Lipinski definition) is 2. The van der Waals surface area contributed by atoms with E-state index in [1.807, 2.05) is 0 Å². The Labute approximate surface area is 118 Å². The van der Waals surface area contributed by atoms with Crippen molar-refractivity contribution in [2.24, 2.45) is 5.73 Å². The Bertz CT molecular complexity index is 490. The van der Waals surface area contributed by atoms with Gasteiger partial charge in [-0.25, -0.2) is 4.39 Å². The van der Waals surface area contributed by atoms with Crippen molar-refractivity contribution in [3.63, 3.8) is 0 Å². The molecule has 1 aliphatic heterocycles. The molecule has 0 bridgehead atoms. The lowest BCUT2D eigenvalue weighted by Crippen LogP contribution is -2.40. The number of benzene rings is 1. The second-order valence-corrected chi connectivity index (χ2v) is 5.94. The first-order valence-electron chi connectivity index (χ1n) is 6.37. The Morgan fingerprint density at radius 3 is 2.84 bits per heavy atom. The van der Waals surface area contributed by atoms with Crippen LogP contribution in [0.5, 0.6) is 0 Å². The van der Waals surface area contributed by atoms with E-state index in [4.69, 9.17) is 22.7 Å². The summed E-state index contributed by atoms with van der Waals surface area (Å²) in [7, 11) is 0. The van der Waals surface area contributed by atoms with Crippen LogP contribution >= 0.6 is 12.2 Å². The molecule has 5 heteroatoms. The third-order valence-electron chi connectivity index (χ3n) is 3.30. The maximum atomic E-state index is 13.8. The first kappa shape index (κ1) is 14.2. The van der Waals surface area contributed by atoms with E-state index in [0.717, 1.165) is 25.1 Å². The lowest BCUT2D eigenvalue weighted by Gasteiger charge is -2.36. The van der Waals surface area contributed by atoms with Gasteiger partial charge in [0.15, 0.2) is 0 Å². The lowest BCUT2D eigenvalue weighted by atomic mass is 9.94. The molecule has 1 unspecified atom stereocenters. The average molecular weight is 282 g/mol. The summed E-state index contributed by atoms with van der Waals surface area (Å²) < 4.78 is 19.4. The zero-order chi connectivity index (χ0) is 14.0. The van der Waals surface area contributed by atoms with Crippen molar-refractivity contribution in [3.8, 4) is 0 Å². The molecule has 3 N–H and O–H groups in total. The number of hydrogen-bond acceptors (Lipinski definition) is 3. The minimum atomic E-state index is -0.385. The van der Waals surface area contributed by atoms with Crippen LogP contribution in [0.4, 0.5) is 10.1 Å². The fourth-order valence-corrected chi connectivity index (χ4v) is 2.56. The fraction of sp³-hybridized carbons (Fsp3) is 0.500. The van der Waals surface area contributed by atoms with Crippen molar-refractivity contribution in [2.75, 3.05) is 11.9 Å². The van der Waals surface area contributed by atoms with Crippen LogP contribution in [0.1, 0.15) is 32.3 Å². The molecule has 0 spiro atoms. The second kappa shape index (κ2) is 5.43. The summed E-state index contributed by atoms with van der Waals surface area (Å²) in [5, 5.41) is 3.34. The van der Waals surface area contributed by atoms with Gasteiger partial charge in [-0.3, -0.25) is 0 Å². The molecule has 104 valence electrons. The Hall–Kier alpha value is -1.20. The summed E-state index contributed by atoms with van der Waals surface area (Å²) in [6, 6.07) is 5.15. The Kier molecular flexibility index (Phi) is 4.06. The molecule has 1 aromatic rings. The van der Waals surface area contributed by atoms with Gasteiger partial charge in [-0.1, -0.05) is 12.2 Å². The van der Waals surface area contributed by atoms with E-state index in [1.165, 1.54) is 6.07 Å². The predicted molar refractivity (Wildman–Crippen MR) is 79.0 cm³/mol. The standard InChI is InChI=1S/C14H19FN2OS/c1-14(2)8-10(5-6-18-14)17-9-3-4-11(13(16)19)12(15)7-9/h3-4,7,10,17H,5-6,8H2,1-2H3,(H2,16,19). The normalized spacial score (nSPS) is 21.9. The van der Waals surface area contributed by atoms with E-state index >= 15 is 0 Å².